The van der Waals surface area contributed by atoms with Gasteiger partial charge in [0.25, 0.3) is 5.92 Å². The predicted octanol–water partition coefficient (Wildman–Crippen LogP) is 1.75. The Morgan fingerprint density at radius 1 is 1.64 bits per heavy atom. The van der Waals surface area contributed by atoms with Gasteiger partial charge in [-0.2, -0.15) is 0 Å². The first kappa shape index (κ1) is 8.43. The number of hydrogen-bond acceptors (Lipinski definition) is 1. The quantitative estimate of drug-likeness (QED) is 0.641. The molecule has 0 heterocycles. The van der Waals surface area contributed by atoms with Crippen molar-refractivity contribution in [2.24, 2.45) is 11.8 Å². The van der Waals surface area contributed by atoms with Crippen molar-refractivity contribution in [2.75, 3.05) is 0 Å². The Morgan fingerprint density at radius 3 is 2.36 bits per heavy atom. The van der Waals surface area contributed by atoms with Crippen molar-refractivity contribution in [1.29, 1.82) is 0 Å². The van der Waals surface area contributed by atoms with Gasteiger partial charge in [-0.25, -0.2) is 8.78 Å². The normalized spacial score (nSPS) is 35.5. The summed E-state index contributed by atoms with van der Waals surface area (Å²) in [7, 11) is 0. The van der Waals surface area contributed by atoms with Crippen LogP contribution >= 0.6 is 0 Å². The average Bonchev–Trinajstić information content (AvgIpc) is 2.06. The van der Waals surface area contributed by atoms with Crippen LogP contribution in [-0.2, 0) is 4.79 Å². The minimum atomic E-state index is -2.99. The van der Waals surface area contributed by atoms with Crippen LogP contribution in [0.25, 0.3) is 0 Å². The molecule has 0 amide bonds. The van der Waals surface area contributed by atoms with Gasteiger partial charge in [0, 0.05) is 6.42 Å². The minimum Gasteiger partial charge on any atom is -0.481 e. The molecule has 0 unspecified atom stereocenters. The topological polar surface area (TPSA) is 37.3 Å². The van der Waals surface area contributed by atoms with Crippen molar-refractivity contribution in [3.8, 4) is 0 Å². The second kappa shape index (κ2) is 2.43. The van der Waals surface area contributed by atoms with Crippen LogP contribution in [0, 0.1) is 11.8 Å². The molecule has 0 radical (unpaired) electrons. The van der Waals surface area contributed by atoms with E-state index in [9.17, 15) is 13.6 Å². The molecule has 2 atom stereocenters. The van der Waals surface area contributed by atoms with Crippen molar-refractivity contribution >= 4 is 5.97 Å². The molecule has 0 aromatic rings. The molecule has 1 rings (SSSR count). The highest BCUT2D eigenvalue weighted by atomic mass is 19.3. The minimum absolute atomic E-state index is 0.287. The van der Waals surface area contributed by atoms with E-state index in [1.165, 1.54) is 0 Å². The Kier molecular flexibility index (Phi) is 1.86. The number of carboxylic acids is 1. The first-order chi connectivity index (χ1) is 4.95. The van der Waals surface area contributed by atoms with Crippen molar-refractivity contribution in [3.63, 3.8) is 0 Å². The first-order valence-electron chi connectivity index (χ1n) is 3.56. The lowest BCUT2D eigenvalue weighted by molar-refractivity contribution is -0.155. The van der Waals surface area contributed by atoms with E-state index in [0.29, 0.717) is 6.42 Å². The van der Waals surface area contributed by atoms with E-state index >= 15 is 0 Å². The molecule has 0 aromatic carbocycles. The van der Waals surface area contributed by atoms with Crippen molar-refractivity contribution in [3.05, 3.63) is 0 Å². The molecule has 1 saturated carbocycles. The van der Waals surface area contributed by atoms with E-state index in [1.807, 2.05) is 0 Å². The van der Waals surface area contributed by atoms with E-state index in [0.717, 1.165) is 0 Å². The number of carboxylic acid groups (broad SMARTS) is 1. The lowest BCUT2D eigenvalue weighted by Crippen LogP contribution is -2.32. The van der Waals surface area contributed by atoms with E-state index < -0.39 is 23.7 Å². The Bertz CT molecular complexity index is 179. The van der Waals surface area contributed by atoms with Crippen LogP contribution in [-0.4, -0.2) is 17.0 Å². The fraction of sp³-hybridized carbons (Fsp3) is 0.857. The molecule has 1 aliphatic carbocycles. The molecular weight excluding hydrogens is 154 g/mol. The van der Waals surface area contributed by atoms with E-state index in [2.05, 4.69) is 0 Å². The number of aliphatic carboxylic acids is 1. The number of rotatable bonds is 1. The Morgan fingerprint density at radius 2 is 2.18 bits per heavy atom. The molecule has 0 saturated heterocycles. The number of halogens is 2. The highest BCUT2D eigenvalue weighted by molar-refractivity contribution is 5.72. The summed E-state index contributed by atoms with van der Waals surface area (Å²) in [6.07, 6.45) is 0.0229. The van der Waals surface area contributed by atoms with Gasteiger partial charge in [0.1, 0.15) is 5.92 Å². The van der Waals surface area contributed by atoms with E-state index in [1.54, 1.807) is 6.92 Å². The lowest BCUT2D eigenvalue weighted by atomic mass is 9.96. The van der Waals surface area contributed by atoms with Gasteiger partial charge < -0.3 is 5.11 Å². The van der Waals surface area contributed by atoms with Gasteiger partial charge in [0.05, 0.1) is 0 Å². The largest absolute Gasteiger partial charge is 0.481 e. The SMILES string of the molecule is C[C@@H]1CCC(F)(F)[C@@H]1C(=O)O. The van der Waals surface area contributed by atoms with Crippen molar-refractivity contribution in [1.82, 2.24) is 0 Å². The molecule has 0 aromatic heterocycles. The zero-order valence-corrected chi connectivity index (χ0v) is 6.18. The second-order valence-electron chi connectivity index (χ2n) is 3.09. The van der Waals surface area contributed by atoms with Crippen LogP contribution in [0.3, 0.4) is 0 Å². The summed E-state index contributed by atoms with van der Waals surface area (Å²) in [6.45, 7) is 1.56. The van der Waals surface area contributed by atoms with Gasteiger partial charge in [0.15, 0.2) is 0 Å². The maximum Gasteiger partial charge on any atom is 0.312 e. The van der Waals surface area contributed by atoms with Gasteiger partial charge >= 0.3 is 5.97 Å². The van der Waals surface area contributed by atoms with Crippen molar-refractivity contribution in [2.45, 2.75) is 25.7 Å². The van der Waals surface area contributed by atoms with Gasteiger partial charge in [-0.3, -0.25) is 4.79 Å². The molecule has 2 nitrogen and oxygen atoms in total. The smallest absolute Gasteiger partial charge is 0.312 e. The summed E-state index contributed by atoms with van der Waals surface area (Å²) in [5.74, 6) is -6.24. The van der Waals surface area contributed by atoms with Gasteiger partial charge in [-0.1, -0.05) is 6.92 Å². The maximum absolute atomic E-state index is 12.7. The second-order valence-corrected chi connectivity index (χ2v) is 3.09. The highest BCUT2D eigenvalue weighted by Gasteiger charge is 2.52. The molecule has 64 valence electrons. The fourth-order valence-electron chi connectivity index (χ4n) is 1.58. The van der Waals surface area contributed by atoms with E-state index in [4.69, 9.17) is 5.11 Å². The first-order valence-corrected chi connectivity index (χ1v) is 3.56. The molecule has 11 heavy (non-hydrogen) atoms. The summed E-state index contributed by atoms with van der Waals surface area (Å²) in [5, 5.41) is 8.44. The molecular formula is C7H10F2O2. The lowest BCUT2D eigenvalue weighted by Gasteiger charge is -2.16. The Balaban J connectivity index is 2.80. The Labute approximate surface area is 63.2 Å². The molecule has 0 aliphatic heterocycles. The van der Waals surface area contributed by atoms with Crippen molar-refractivity contribution < 1.29 is 18.7 Å². The summed E-state index contributed by atoms with van der Waals surface area (Å²) in [6, 6.07) is 0. The number of hydrogen-bond donors (Lipinski definition) is 1. The summed E-state index contributed by atoms with van der Waals surface area (Å²) in [4.78, 5) is 10.3. The summed E-state index contributed by atoms with van der Waals surface area (Å²) >= 11 is 0. The average molecular weight is 164 g/mol. The van der Waals surface area contributed by atoms with Crippen LogP contribution in [0.1, 0.15) is 19.8 Å². The van der Waals surface area contributed by atoms with Crippen LogP contribution in [0.2, 0.25) is 0 Å². The van der Waals surface area contributed by atoms with Crippen LogP contribution < -0.4 is 0 Å². The highest BCUT2D eigenvalue weighted by Crippen LogP contribution is 2.44. The molecule has 4 heteroatoms. The third-order valence-corrected chi connectivity index (χ3v) is 2.22. The number of alkyl halides is 2. The standard InChI is InChI=1S/C7H10F2O2/c1-4-2-3-7(8,9)5(4)6(10)11/h4-5H,2-3H2,1H3,(H,10,11)/t4-,5+/m1/s1. The molecule has 1 aliphatic rings. The third-order valence-electron chi connectivity index (χ3n) is 2.22. The van der Waals surface area contributed by atoms with Gasteiger partial charge in [-0.15, -0.1) is 0 Å². The van der Waals surface area contributed by atoms with Crippen LogP contribution in [0.15, 0.2) is 0 Å². The molecule has 0 spiro atoms. The maximum atomic E-state index is 12.7. The van der Waals surface area contributed by atoms with Crippen LogP contribution in [0.4, 0.5) is 8.78 Å². The molecule has 0 bridgehead atoms. The fourth-order valence-corrected chi connectivity index (χ4v) is 1.58. The zero-order valence-electron chi connectivity index (χ0n) is 6.18. The summed E-state index contributed by atoms with van der Waals surface area (Å²) < 4.78 is 25.5. The Hall–Kier alpha value is -0.670. The predicted molar refractivity (Wildman–Crippen MR) is 34.5 cm³/mol. The molecule has 1 N–H and O–H groups in total. The monoisotopic (exact) mass is 164 g/mol. The zero-order chi connectivity index (χ0) is 8.65. The van der Waals surface area contributed by atoms with Gasteiger partial charge in [0.2, 0.25) is 0 Å². The van der Waals surface area contributed by atoms with E-state index in [-0.39, 0.29) is 6.42 Å². The van der Waals surface area contributed by atoms with Gasteiger partial charge in [-0.05, 0) is 12.3 Å². The summed E-state index contributed by atoms with van der Waals surface area (Å²) in [5.41, 5.74) is 0. The third kappa shape index (κ3) is 1.34. The molecule has 1 fully saturated rings. The van der Waals surface area contributed by atoms with Crippen LogP contribution in [0.5, 0.6) is 0 Å². The number of carbonyl (C=O) groups is 1.